The van der Waals surface area contributed by atoms with E-state index in [0.717, 1.165) is 30.1 Å². The van der Waals surface area contributed by atoms with Crippen LogP contribution in [-0.2, 0) is 12.7 Å². The van der Waals surface area contributed by atoms with Gasteiger partial charge in [0.05, 0.1) is 22.3 Å². The number of hydrogen-bond donors (Lipinski definition) is 1. The molecule has 2 aromatic heterocycles. The van der Waals surface area contributed by atoms with E-state index in [0.29, 0.717) is 24.7 Å². The van der Waals surface area contributed by atoms with Crippen LogP contribution < -0.4 is 15.9 Å². The molecule has 1 N–H and O–H groups in total. The van der Waals surface area contributed by atoms with Crippen molar-refractivity contribution in [3.63, 3.8) is 0 Å². The van der Waals surface area contributed by atoms with Crippen molar-refractivity contribution in [3.05, 3.63) is 80.7 Å². The van der Waals surface area contributed by atoms with Crippen molar-refractivity contribution >= 4 is 40.1 Å². The van der Waals surface area contributed by atoms with Crippen LogP contribution in [-0.4, -0.2) is 45.5 Å². The molecule has 0 bridgehead atoms. The highest BCUT2D eigenvalue weighted by atomic mass is 35.5. The van der Waals surface area contributed by atoms with Crippen molar-refractivity contribution < 1.29 is 26.3 Å². The lowest BCUT2D eigenvalue weighted by molar-refractivity contribution is -0.137. The quantitative estimate of drug-likeness (QED) is 0.201. The Morgan fingerprint density at radius 3 is 2.40 bits per heavy atom. The van der Waals surface area contributed by atoms with E-state index in [-0.39, 0.29) is 46.0 Å². The molecule has 0 aliphatic carbocycles. The van der Waals surface area contributed by atoms with Crippen molar-refractivity contribution in [1.82, 2.24) is 19.9 Å². The number of halogens is 7. The standard InChI is InChI=1S/C29H24ClF6N5OS/c1-13-9-40(10-14(2)38-13)27-19-4-20(29(34,35)36)24(18-5-21(30)23(33)6-22(18)32)26-25(19)41(28(42)39-27)11-16(12-43-26)15-3-17(31)8-37-7-15/h3-8,13-14,16,38H,9-12H2,1-2H3/t13-,14+,16-/m0/s1. The molecule has 2 aliphatic heterocycles. The van der Waals surface area contributed by atoms with Gasteiger partial charge in [-0.05, 0) is 37.6 Å². The predicted molar refractivity (Wildman–Crippen MR) is 153 cm³/mol. The maximum Gasteiger partial charge on any atom is 0.417 e. The number of aromatic nitrogens is 3. The van der Waals surface area contributed by atoms with Crippen LogP contribution >= 0.6 is 23.4 Å². The molecule has 0 spiro atoms. The lowest BCUT2D eigenvalue weighted by atomic mass is 9.95. The number of nitrogens with one attached hydrogen (secondary N) is 1. The Hall–Kier alpha value is -3.29. The molecule has 1 fully saturated rings. The Balaban J connectivity index is 1.70. The Morgan fingerprint density at radius 1 is 1.00 bits per heavy atom. The van der Waals surface area contributed by atoms with Crippen LogP contribution in [0.3, 0.4) is 0 Å². The van der Waals surface area contributed by atoms with Crippen LogP contribution in [0.4, 0.5) is 32.2 Å². The van der Waals surface area contributed by atoms with Crippen molar-refractivity contribution in [3.8, 4) is 11.1 Å². The largest absolute Gasteiger partial charge is 0.417 e. The number of alkyl halides is 3. The van der Waals surface area contributed by atoms with Crippen molar-refractivity contribution in [2.24, 2.45) is 0 Å². The zero-order valence-electron chi connectivity index (χ0n) is 22.8. The average Bonchev–Trinajstić information content (AvgIpc) is 3.13. The van der Waals surface area contributed by atoms with E-state index in [4.69, 9.17) is 11.6 Å². The predicted octanol–water partition coefficient (Wildman–Crippen LogP) is 6.62. The first-order chi connectivity index (χ1) is 20.3. The molecule has 14 heteroatoms. The zero-order chi connectivity index (χ0) is 30.8. The summed E-state index contributed by atoms with van der Waals surface area (Å²) in [5, 5.41) is 2.85. The Kier molecular flexibility index (Phi) is 7.62. The van der Waals surface area contributed by atoms with Gasteiger partial charge in [-0.15, -0.1) is 11.8 Å². The summed E-state index contributed by atoms with van der Waals surface area (Å²) < 4.78 is 89.5. The highest BCUT2D eigenvalue weighted by Crippen LogP contribution is 2.50. The minimum absolute atomic E-state index is 0.0322. The number of thioether (sulfide) groups is 1. The SMILES string of the molecule is C[C@@H]1CN(c2nc(=O)n3c4c(c(-c5cc(Cl)c(F)cc5F)c(C(F)(F)F)cc24)SC[C@@H](c2cncc(F)c2)C3)C[C@H](C)N1. The second kappa shape index (κ2) is 11.0. The Bertz CT molecular complexity index is 1810. The van der Waals surface area contributed by atoms with Gasteiger partial charge in [0, 0.05) is 77.1 Å². The summed E-state index contributed by atoms with van der Waals surface area (Å²) >= 11 is 6.92. The highest BCUT2D eigenvalue weighted by Gasteiger charge is 2.39. The molecule has 6 rings (SSSR count). The fourth-order valence-electron chi connectivity index (χ4n) is 5.96. The molecular weight excluding hydrogens is 616 g/mol. The number of benzene rings is 2. The van der Waals surface area contributed by atoms with E-state index >= 15 is 4.39 Å². The number of rotatable bonds is 3. The van der Waals surface area contributed by atoms with E-state index in [9.17, 15) is 26.7 Å². The van der Waals surface area contributed by atoms with Crippen molar-refractivity contribution in [1.29, 1.82) is 0 Å². The molecule has 43 heavy (non-hydrogen) atoms. The van der Waals surface area contributed by atoms with E-state index in [1.807, 2.05) is 13.8 Å². The molecule has 2 aromatic carbocycles. The maximum absolute atomic E-state index is 15.3. The lowest BCUT2D eigenvalue weighted by Gasteiger charge is -2.37. The van der Waals surface area contributed by atoms with Gasteiger partial charge < -0.3 is 10.2 Å². The smallest absolute Gasteiger partial charge is 0.353 e. The fourth-order valence-corrected chi connectivity index (χ4v) is 7.51. The third-order valence-electron chi connectivity index (χ3n) is 7.67. The molecule has 4 aromatic rings. The Morgan fingerprint density at radius 2 is 1.72 bits per heavy atom. The van der Waals surface area contributed by atoms with Crippen LogP contribution in [0.2, 0.25) is 5.02 Å². The molecule has 6 nitrogen and oxygen atoms in total. The molecule has 0 unspecified atom stereocenters. The van der Waals surface area contributed by atoms with Crippen LogP contribution in [0.5, 0.6) is 0 Å². The van der Waals surface area contributed by atoms with E-state index in [2.05, 4.69) is 15.3 Å². The van der Waals surface area contributed by atoms with Crippen LogP contribution in [0.25, 0.3) is 22.0 Å². The van der Waals surface area contributed by atoms with E-state index < -0.39 is 56.9 Å². The molecule has 3 atom stereocenters. The van der Waals surface area contributed by atoms with Gasteiger partial charge in [-0.1, -0.05) is 11.6 Å². The topological polar surface area (TPSA) is 63.1 Å². The number of piperazine rings is 1. The van der Waals surface area contributed by atoms with Crippen LogP contribution in [0.15, 0.2) is 46.3 Å². The third-order valence-corrected chi connectivity index (χ3v) is 9.21. The van der Waals surface area contributed by atoms with Gasteiger partial charge in [0.2, 0.25) is 0 Å². The summed E-state index contributed by atoms with van der Waals surface area (Å²) in [4.78, 5) is 23.6. The minimum atomic E-state index is -4.98. The first kappa shape index (κ1) is 29.8. The summed E-state index contributed by atoms with van der Waals surface area (Å²) in [6, 6.07) is 3.30. The van der Waals surface area contributed by atoms with Crippen LogP contribution in [0, 0.1) is 17.5 Å². The summed E-state index contributed by atoms with van der Waals surface area (Å²) in [5.74, 6) is -3.36. The number of nitrogens with zero attached hydrogens (tertiary/aromatic N) is 4. The van der Waals surface area contributed by atoms with E-state index in [1.54, 1.807) is 4.90 Å². The second-order valence-electron chi connectivity index (χ2n) is 10.9. The summed E-state index contributed by atoms with van der Waals surface area (Å²) in [6.07, 6.45) is -2.53. The van der Waals surface area contributed by atoms with Crippen LogP contribution in [0.1, 0.15) is 30.9 Å². The molecule has 0 radical (unpaired) electrons. The van der Waals surface area contributed by atoms with Crippen molar-refractivity contribution in [2.45, 2.75) is 49.5 Å². The normalized spacial score (nSPS) is 20.9. The van der Waals surface area contributed by atoms with Gasteiger partial charge in [0.1, 0.15) is 23.3 Å². The lowest BCUT2D eigenvalue weighted by Crippen LogP contribution is -2.55. The molecule has 2 aliphatic rings. The third kappa shape index (κ3) is 5.46. The maximum atomic E-state index is 15.3. The Labute approximate surface area is 251 Å². The molecular formula is C29H24ClF6N5OS. The first-order valence-electron chi connectivity index (χ1n) is 13.4. The molecule has 226 valence electrons. The fraction of sp³-hybridized carbons (Fsp3) is 0.345. The van der Waals surface area contributed by atoms with Gasteiger partial charge in [-0.25, -0.2) is 18.0 Å². The van der Waals surface area contributed by atoms with Crippen molar-refractivity contribution in [2.75, 3.05) is 23.7 Å². The molecule has 0 saturated carbocycles. The summed E-state index contributed by atoms with van der Waals surface area (Å²) in [6.45, 7) is 4.54. The summed E-state index contributed by atoms with van der Waals surface area (Å²) in [5.41, 5.74) is -2.45. The molecule has 1 saturated heterocycles. The van der Waals surface area contributed by atoms with Gasteiger partial charge in [-0.2, -0.15) is 18.2 Å². The first-order valence-corrected chi connectivity index (χ1v) is 14.8. The number of anilines is 1. The number of pyridine rings is 1. The second-order valence-corrected chi connectivity index (χ2v) is 12.4. The average molecular weight is 640 g/mol. The van der Waals surface area contributed by atoms with Gasteiger partial charge in [0.25, 0.3) is 0 Å². The minimum Gasteiger partial charge on any atom is -0.353 e. The van der Waals surface area contributed by atoms with Gasteiger partial charge in [0.15, 0.2) is 0 Å². The van der Waals surface area contributed by atoms with Gasteiger partial charge in [-0.3, -0.25) is 9.55 Å². The molecule has 0 amide bonds. The summed E-state index contributed by atoms with van der Waals surface area (Å²) in [7, 11) is 0. The van der Waals surface area contributed by atoms with E-state index in [1.165, 1.54) is 16.8 Å². The highest BCUT2D eigenvalue weighted by molar-refractivity contribution is 7.99. The van der Waals surface area contributed by atoms with Gasteiger partial charge >= 0.3 is 11.9 Å². The monoisotopic (exact) mass is 639 g/mol. The zero-order valence-corrected chi connectivity index (χ0v) is 24.3. The number of hydrogen-bond acceptors (Lipinski definition) is 6. The molecule has 4 heterocycles.